The molecular weight excluding hydrogens is 324 g/mol. The van der Waals surface area contributed by atoms with Crippen molar-refractivity contribution in [3.05, 3.63) is 28.2 Å². The van der Waals surface area contributed by atoms with E-state index in [9.17, 15) is 14.7 Å². The van der Waals surface area contributed by atoms with Crippen LogP contribution in [-0.4, -0.2) is 48.1 Å². The van der Waals surface area contributed by atoms with Crippen molar-refractivity contribution >= 4 is 33.5 Å². The van der Waals surface area contributed by atoms with Gasteiger partial charge in [0.2, 0.25) is 5.91 Å². The lowest BCUT2D eigenvalue weighted by atomic mass is 10.1. The number of benzene rings is 1. The van der Waals surface area contributed by atoms with E-state index in [0.29, 0.717) is 18.8 Å². The van der Waals surface area contributed by atoms with Crippen LogP contribution in [-0.2, 0) is 4.79 Å². The average molecular weight is 341 g/mol. The molecule has 1 aliphatic rings. The van der Waals surface area contributed by atoms with E-state index >= 15 is 0 Å². The number of carboxylic acid groups (broad SMARTS) is 1. The molecule has 5 nitrogen and oxygen atoms in total. The Kier molecular flexibility index (Phi) is 4.65. The number of carbonyl (C=O) groups is 2. The van der Waals surface area contributed by atoms with Gasteiger partial charge in [0.05, 0.1) is 11.3 Å². The second kappa shape index (κ2) is 6.26. The van der Waals surface area contributed by atoms with Crippen LogP contribution in [0.15, 0.2) is 22.7 Å². The van der Waals surface area contributed by atoms with Crippen molar-refractivity contribution in [2.45, 2.75) is 13.3 Å². The van der Waals surface area contributed by atoms with Crippen LogP contribution in [0.5, 0.6) is 0 Å². The third kappa shape index (κ3) is 3.30. The van der Waals surface area contributed by atoms with Crippen molar-refractivity contribution in [2.24, 2.45) is 0 Å². The molecule has 1 aliphatic heterocycles. The third-order valence-electron chi connectivity index (χ3n) is 3.47. The number of hydrogen-bond donors (Lipinski definition) is 1. The summed E-state index contributed by atoms with van der Waals surface area (Å²) >= 11 is 3.30. The van der Waals surface area contributed by atoms with Crippen LogP contribution < -0.4 is 4.90 Å². The molecule has 20 heavy (non-hydrogen) atoms. The van der Waals surface area contributed by atoms with Gasteiger partial charge in [-0.2, -0.15) is 0 Å². The molecule has 1 saturated heterocycles. The van der Waals surface area contributed by atoms with E-state index in [1.54, 1.807) is 17.9 Å². The number of aromatic carboxylic acids is 1. The number of rotatable bonds is 2. The Balaban J connectivity index is 2.23. The molecule has 0 aliphatic carbocycles. The maximum atomic E-state index is 11.4. The van der Waals surface area contributed by atoms with Crippen LogP contribution in [0.2, 0.25) is 0 Å². The summed E-state index contributed by atoms with van der Waals surface area (Å²) in [5.74, 6) is -0.866. The predicted octanol–water partition coefficient (Wildman–Crippen LogP) is 2.21. The number of amides is 1. The summed E-state index contributed by atoms with van der Waals surface area (Å²) in [4.78, 5) is 26.6. The van der Waals surface area contributed by atoms with Gasteiger partial charge in [-0.05, 0) is 24.6 Å². The summed E-state index contributed by atoms with van der Waals surface area (Å²) in [6.07, 6.45) is 0.842. The minimum Gasteiger partial charge on any atom is -0.478 e. The molecule has 1 amide bonds. The largest absolute Gasteiger partial charge is 0.478 e. The zero-order valence-corrected chi connectivity index (χ0v) is 12.9. The molecule has 0 aromatic heterocycles. The molecule has 0 spiro atoms. The Morgan fingerprint density at radius 1 is 1.20 bits per heavy atom. The summed E-state index contributed by atoms with van der Waals surface area (Å²) in [5.41, 5.74) is 1.00. The molecule has 0 unspecified atom stereocenters. The summed E-state index contributed by atoms with van der Waals surface area (Å²) in [6, 6.07) is 5.28. The Morgan fingerprint density at radius 3 is 2.60 bits per heavy atom. The Morgan fingerprint density at radius 2 is 1.95 bits per heavy atom. The second-order valence-electron chi connectivity index (χ2n) is 4.81. The van der Waals surface area contributed by atoms with Gasteiger partial charge in [-0.3, -0.25) is 4.79 Å². The number of hydrogen-bond acceptors (Lipinski definition) is 3. The molecule has 108 valence electrons. The van der Waals surface area contributed by atoms with E-state index in [0.717, 1.165) is 24.0 Å². The third-order valence-corrected chi connectivity index (χ3v) is 3.96. The first-order chi connectivity index (χ1) is 9.49. The summed E-state index contributed by atoms with van der Waals surface area (Å²) < 4.78 is 0.749. The molecule has 1 heterocycles. The van der Waals surface area contributed by atoms with Crippen LogP contribution >= 0.6 is 15.9 Å². The minimum atomic E-state index is -0.936. The highest BCUT2D eigenvalue weighted by molar-refractivity contribution is 9.10. The lowest BCUT2D eigenvalue weighted by Crippen LogP contribution is -2.34. The zero-order valence-electron chi connectivity index (χ0n) is 11.3. The van der Waals surface area contributed by atoms with Crippen LogP contribution in [0.25, 0.3) is 0 Å². The standard InChI is InChI=1S/C14H17BrN2O3/c1-10(18)16-5-2-6-17(8-7-16)13-4-3-11(15)9-12(13)14(19)20/h3-4,9H,2,5-8H2,1H3,(H,19,20). The zero-order chi connectivity index (χ0) is 14.7. The molecule has 0 bridgehead atoms. The van der Waals surface area contributed by atoms with Gasteiger partial charge in [-0.25, -0.2) is 4.79 Å². The SMILES string of the molecule is CC(=O)N1CCCN(c2ccc(Br)cc2C(=O)O)CC1. The summed E-state index contributed by atoms with van der Waals surface area (Å²) in [5, 5.41) is 9.32. The molecule has 0 radical (unpaired) electrons. The van der Waals surface area contributed by atoms with Gasteiger partial charge in [0.15, 0.2) is 0 Å². The molecule has 0 saturated carbocycles. The van der Waals surface area contributed by atoms with Gasteiger partial charge in [-0.1, -0.05) is 15.9 Å². The van der Waals surface area contributed by atoms with Gasteiger partial charge in [-0.15, -0.1) is 0 Å². The smallest absolute Gasteiger partial charge is 0.337 e. The number of anilines is 1. The van der Waals surface area contributed by atoms with Crippen molar-refractivity contribution in [2.75, 3.05) is 31.1 Å². The fraction of sp³-hybridized carbons (Fsp3) is 0.429. The van der Waals surface area contributed by atoms with E-state index in [1.165, 1.54) is 0 Å². The van der Waals surface area contributed by atoms with E-state index in [-0.39, 0.29) is 11.5 Å². The Labute approximate surface area is 126 Å². The Hall–Kier alpha value is -1.56. The first-order valence-corrected chi connectivity index (χ1v) is 7.31. The lowest BCUT2D eigenvalue weighted by Gasteiger charge is -2.25. The van der Waals surface area contributed by atoms with Crippen LogP contribution in [0.1, 0.15) is 23.7 Å². The minimum absolute atomic E-state index is 0.0705. The second-order valence-corrected chi connectivity index (χ2v) is 5.73. The van der Waals surface area contributed by atoms with Gasteiger partial charge in [0.1, 0.15) is 0 Å². The van der Waals surface area contributed by atoms with Crippen LogP contribution in [0.4, 0.5) is 5.69 Å². The summed E-state index contributed by atoms with van der Waals surface area (Å²) in [7, 11) is 0. The fourth-order valence-electron chi connectivity index (χ4n) is 2.43. The first kappa shape index (κ1) is 14.8. The van der Waals surface area contributed by atoms with Gasteiger partial charge >= 0.3 is 5.97 Å². The lowest BCUT2D eigenvalue weighted by molar-refractivity contribution is -0.128. The highest BCUT2D eigenvalue weighted by atomic mass is 79.9. The van der Waals surface area contributed by atoms with Crippen molar-refractivity contribution in [1.82, 2.24) is 4.90 Å². The van der Waals surface area contributed by atoms with Crippen LogP contribution in [0.3, 0.4) is 0 Å². The van der Waals surface area contributed by atoms with Crippen molar-refractivity contribution < 1.29 is 14.7 Å². The molecule has 1 N–H and O–H groups in total. The quantitative estimate of drug-likeness (QED) is 0.896. The normalized spacial score (nSPS) is 15.9. The Bertz CT molecular complexity index is 533. The molecular formula is C14H17BrN2O3. The number of halogens is 1. The van der Waals surface area contributed by atoms with Crippen molar-refractivity contribution in [3.63, 3.8) is 0 Å². The highest BCUT2D eigenvalue weighted by Gasteiger charge is 2.20. The maximum Gasteiger partial charge on any atom is 0.337 e. The number of carbonyl (C=O) groups excluding carboxylic acids is 1. The molecule has 6 heteroatoms. The van der Waals surface area contributed by atoms with E-state index in [2.05, 4.69) is 15.9 Å². The van der Waals surface area contributed by atoms with Gasteiger partial charge in [0.25, 0.3) is 0 Å². The summed E-state index contributed by atoms with van der Waals surface area (Å²) in [6.45, 7) is 4.33. The number of nitrogens with zero attached hydrogens (tertiary/aromatic N) is 2. The highest BCUT2D eigenvalue weighted by Crippen LogP contribution is 2.25. The van der Waals surface area contributed by atoms with E-state index < -0.39 is 5.97 Å². The molecule has 0 atom stereocenters. The maximum absolute atomic E-state index is 11.4. The molecule has 1 aromatic rings. The first-order valence-electron chi connectivity index (χ1n) is 6.52. The fourth-order valence-corrected chi connectivity index (χ4v) is 2.79. The average Bonchev–Trinajstić information content (AvgIpc) is 2.64. The number of carboxylic acids is 1. The molecule has 2 rings (SSSR count). The van der Waals surface area contributed by atoms with Crippen LogP contribution in [0, 0.1) is 0 Å². The predicted molar refractivity (Wildman–Crippen MR) is 80.2 cm³/mol. The molecule has 1 aromatic carbocycles. The monoisotopic (exact) mass is 340 g/mol. The van der Waals surface area contributed by atoms with Crippen molar-refractivity contribution in [1.29, 1.82) is 0 Å². The van der Waals surface area contributed by atoms with Gasteiger partial charge < -0.3 is 14.9 Å². The topological polar surface area (TPSA) is 60.9 Å². The van der Waals surface area contributed by atoms with Gasteiger partial charge in [0, 0.05) is 37.6 Å². The van der Waals surface area contributed by atoms with E-state index in [4.69, 9.17) is 0 Å². The van der Waals surface area contributed by atoms with Crippen molar-refractivity contribution in [3.8, 4) is 0 Å². The van der Waals surface area contributed by atoms with E-state index in [1.807, 2.05) is 17.0 Å². The molecule has 1 fully saturated rings.